The maximum atomic E-state index is 11.1. The number of nitrogens with zero attached hydrogens (tertiary/aromatic N) is 5. The lowest BCUT2D eigenvalue weighted by atomic mass is 10.4. The number of rotatable bonds is 7. The van der Waals surface area contributed by atoms with Crippen molar-refractivity contribution in [2.24, 2.45) is 0 Å². The first-order valence-corrected chi connectivity index (χ1v) is 7.39. The first-order valence-electron chi connectivity index (χ1n) is 6.45. The van der Waals surface area contributed by atoms with Gasteiger partial charge >= 0.3 is 5.69 Å². The molecule has 21 heavy (non-hydrogen) atoms. The Morgan fingerprint density at radius 1 is 1.48 bits per heavy atom. The minimum absolute atomic E-state index is 0.116. The second kappa shape index (κ2) is 6.93. The van der Waals surface area contributed by atoms with E-state index in [4.69, 9.17) is 0 Å². The quantitative estimate of drug-likeness (QED) is 0.619. The van der Waals surface area contributed by atoms with Gasteiger partial charge in [-0.1, -0.05) is 6.92 Å². The van der Waals surface area contributed by atoms with Gasteiger partial charge in [-0.2, -0.15) is 4.98 Å². The van der Waals surface area contributed by atoms with Crippen LogP contribution in [0, 0.1) is 10.1 Å². The zero-order valence-electron chi connectivity index (χ0n) is 11.8. The summed E-state index contributed by atoms with van der Waals surface area (Å²) < 4.78 is 0. The molecular weight excluding hydrogens is 292 g/mol. The summed E-state index contributed by atoms with van der Waals surface area (Å²) in [5, 5.41) is 16.1. The van der Waals surface area contributed by atoms with Crippen molar-refractivity contribution in [2.75, 3.05) is 23.8 Å². The number of hydrogen-bond donors (Lipinski definition) is 1. The molecule has 0 amide bonds. The van der Waals surface area contributed by atoms with Crippen LogP contribution in [0.1, 0.15) is 19.0 Å². The third-order valence-corrected chi connectivity index (χ3v) is 3.36. The van der Waals surface area contributed by atoms with Crippen molar-refractivity contribution >= 4 is 28.8 Å². The Morgan fingerprint density at radius 3 is 2.90 bits per heavy atom. The van der Waals surface area contributed by atoms with E-state index < -0.39 is 4.92 Å². The largest absolute Gasteiger partial charge is 0.354 e. The maximum Gasteiger partial charge on any atom is 0.329 e. The molecule has 0 aliphatic heterocycles. The van der Waals surface area contributed by atoms with Gasteiger partial charge in [0.1, 0.15) is 6.20 Å². The Bertz CT molecular complexity index is 604. The molecule has 2 aromatic rings. The molecule has 0 saturated heterocycles. The van der Waals surface area contributed by atoms with Gasteiger partial charge < -0.3 is 10.2 Å². The molecule has 0 fully saturated rings. The van der Waals surface area contributed by atoms with Gasteiger partial charge in [0.25, 0.3) is 0 Å². The molecule has 112 valence electrons. The number of hydrogen-bond acceptors (Lipinski definition) is 8. The Kier molecular flexibility index (Phi) is 4.99. The molecule has 1 N–H and O–H groups in total. The van der Waals surface area contributed by atoms with Gasteiger partial charge in [0.2, 0.25) is 11.8 Å². The van der Waals surface area contributed by atoms with Crippen LogP contribution < -0.4 is 10.2 Å². The van der Waals surface area contributed by atoms with Gasteiger partial charge in [0.05, 0.1) is 22.7 Å². The Morgan fingerprint density at radius 2 is 2.29 bits per heavy atom. The molecule has 0 bridgehead atoms. The lowest BCUT2D eigenvalue weighted by Crippen LogP contribution is -2.20. The van der Waals surface area contributed by atoms with E-state index in [1.807, 2.05) is 12.3 Å². The van der Waals surface area contributed by atoms with Gasteiger partial charge in [0, 0.05) is 19.0 Å². The summed E-state index contributed by atoms with van der Waals surface area (Å²) in [5.41, 5.74) is 2.46. The second-order valence-corrected chi connectivity index (χ2v) is 5.14. The highest BCUT2D eigenvalue weighted by Gasteiger charge is 2.21. The molecule has 0 unspecified atom stereocenters. The van der Waals surface area contributed by atoms with Gasteiger partial charge in [0.15, 0.2) is 0 Å². The fourth-order valence-corrected chi connectivity index (χ4v) is 2.28. The average molecular weight is 308 g/mol. The van der Waals surface area contributed by atoms with E-state index in [2.05, 4.69) is 20.3 Å². The number of aromatic nitrogens is 3. The van der Waals surface area contributed by atoms with E-state index in [0.29, 0.717) is 19.0 Å². The van der Waals surface area contributed by atoms with Crippen molar-refractivity contribution in [3.05, 3.63) is 32.9 Å². The van der Waals surface area contributed by atoms with Crippen LogP contribution in [0.25, 0.3) is 0 Å². The summed E-state index contributed by atoms with van der Waals surface area (Å²) in [7, 11) is 1.75. The summed E-state index contributed by atoms with van der Waals surface area (Å²) in [4.78, 5) is 24.7. The van der Waals surface area contributed by atoms with Crippen LogP contribution in [-0.4, -0.2) is 33.5 Å². The fourth-order valence-electron chi connectivity index (χ4n) is 1.73. The predicted octanol–water partition coefficient (Wildman–Crippen LogP) is 2.30. The predicted molar refractivity (Wildman–Crippen MR) is 81.7 cm³/mol. The van der Waals surface area contributed by atoms with Gasteiger partial charge in [-0.05, 0) is 6.42 Å². The molecule has 8 nitrogen and oxygen atoms in total. The van der Waals surface area contributed by atoms with Crippen molar-refractivity contribution < 1.29 is 4.92 Å². The molecule has 2 rings (SSSR count). The first-order chi connectivity index (χ1) is 10.1. The van der Waals surface area contributed by atoms with Crippen molar-refractivity contribution in [1.82, 2.24) is 15.0 Å². The molecule has 0 atom stereocenters. The number of nitro groups is 1. The molecule has 9 heteroatoms. The third-order valence-electron chi connectivity index (χ3n) is 2.72. The van der Waals surface area contributed by atoms with Crippen LogP contribution >= 0.6 is 11.3 Å². The normalized spacial score (nSPS) is 10.4. The number of anilines is 2. The zero-order chi connectivity index (χ0) is 15.2. The Hall–Kier alpha value is -2.29. The smallest absolute Gasteiger partial charge is 0.329 e. The van der Waals surface area contributed by atoms with Crippen LogP contribution in [0.2, 0.25) is 0 Å². The Balaban J connectivity index is 2.26. The summed E-state index contributed by atoms with van der Waals surface area (Å²) >= 11 is 1.48. The molecule has 0 aliphatic rings. The van der Waals surface area contributed by atoms with Crippen molar-refractivity contribution in [2.45, 2.75) is 19.9 Å². The second-order valence-electron chi connectivity index (χ2n) is 4.42. The SMILES string of the molecule is CCCNc1ncc([N+](=O)[O-])c(N(C)Cc2cscn2)n1. The summed E-state index contributed by atoms with van der Waals surface area (Å²) in [6.07, 6.45) is 2.15. The highest BCUT2D eigenvalue weighted by atomic mass is 32.1. The van der Waals surface area contributed by atoms with Crippen LogP contribution in [0.5, 0.6) is 0 Å². The molecule has 0 saturated carbocycles. The average Bonchev–Trinajstić information content (AvgIpc) is 2.97. The van der Waals surface area contributed by atoms with E-state index in [0.717, 1.165) is 12.1 Å². The lowest BCUT2D eigenvalue weighted by Gasteiger charge is -2.17. The molecular formula is C12H16N6O2S. The minimum atomic E-state index is -0.476. The zero-order valence-corrected chi connectivity index (χ0v) is 12.6. The van der Waals surface area contributed by atoms with Gasteiger partial charge in [-0.3, -0.25) is 10.1 Å². The van der Waals surface area contributed by atoms with Crippen molar-refractivity contribution in [3.8, 4) is 0 Å². The number of thiazole rings is 1. The summed E-state index contributed by atoms with van der Waals surface area (Å²) in [5.74, 6) is 0.671. The Labute approximate surface area is 126 Å². The highest BCUT2D eigenvalue weighted by Crippen LogP contribution is 2.26. The first kappa shape index (κ1) is 15.1. The molecule has 0 radical (unpaired) electrons. The topological polar surface area (TPSA) is 97.1 Å². The third kappa shape index (κ3) is 3.85. The maximum absolute atomic E-state index is 11.1. The van der Waals surface area contributed by atoms with E-state index in [1.54, 1.807) is 17.5 Å². The molecule has 0 aromatic carbocycles. The van der Waals surface area contributed by atoms with E-state index >= 15 is 0 Å². The van der Waals surface area contributed by atoms with E-state index in [9.17, 15) is 10.1 Å². The molecule has 2 aromatic heterocycles. The number of nitrogens with one attached hydrogen (secondary N) is 1. The van der Waals surface area contributed by atoms with Crippen LogP contribution in [0.3, 0.4) is 0 Å². The highest BCUT2D eigenvalue weighted by molar-refractivity contribution is 7.07. The van der Waals surface area contributed by atoms with Gasteiger partial charge in [-0.25, -0.2) is 9.97 Å². The van der Waals surface area contributed by atoms with Crippen LogP contribution in [0.4, 0.5) is 17.5 Å². The van der Waals surface area contributed by atoms with Crippen molar-refractivity contribution in [3.63, 3.8) is 0 Å². The standard InChI is InChI=1S/C12H16N6O2S/c1-3-4-13-12-14-5-10(18(19)20)11(16-12)17(2)6-9-7-21-8-15-9/h5,7-8H,3-4,6H2,1-2H3,(H,13,14,16). The summed E-state index contributed by atoms with van der Waals surface area (Å²) in [6.45, 7) is 3.19. The van der Waals surface area contributed by atoms with Crippen LogP contribution in [-0.2, 0) is 6.54 Å². The van der Waals surface area contributed by atoms with Gasteiger partial charge in [-0.15, -0.1) is 11.3 Å². The molecule has 2 heterocycles. The van der Waals surface area contributed by atoms with Crippen molar-refractivity contribution in [1.29, 1.82) is 0 Å². The molecule has 0 spiro atoms. The monoisotopic (exact) mass is 308 g/mol. The molecule has 0 aliphatic carbocycles. The summed E-state index contributed by atoms with van der Waals surface area (Å²) in [6, 6.07) is 0. The van der Waals surface area contributed by atoms with E-state index in [-0.39, 0.29) is 11.5 Å². The lowest BCUT2D eigenvalue weighted by molar-refractivity contribution is -0.384. The fraction of sp³-hybridized carbons (Fsp3) is 0.417. The van der Waals surface area contributed by atoms with E-state index in [1.165, 1.54) is 17.5 Å². The minimum Gasteiger partial charge on any atom is -0.354 e. The van der Waals surface area contributed by atoms with Crippen LogP contribution in [0.15, 0.2) is 17.1 Å².